The fourth-order valence-electron chi connectivity index (χ4n) is 2.15. The van der Waals surface area contributed by atoms with E-state index in [0.29, 0.717) is 4.90 Å². The van der Waals surface area contributed by atoms with E-state index in [4.69, 9.17) is 51.5 Å². The molecule has 1 heterocycles. The van der Waals surface area contributed by atoms with Gasteiger partial charge >= 0.3 is 5.97 Å². The number of fused-ring (bicyclic) bond motifs is 1. The second-order valence-electron chi connectivity index (χ2n) is 4.51. The summed E-state index contributed by atoms with van der Waals surface area (Å²) in [6, 6.07) is -1.79. The molecule has 0 spiro atoms. The van der Waals surface area contributed by atoms with E-state index in [1.165, 1.54) is 0 Å². The fourth-order valence-corrected chi connectivity index (χ4v) is 3.17. The lowest BCUT2D eigenvalue weighted by molar-refractivity contribution is -0.145. The Balaban J connectivity index is 2.71. The Labute approximate surface area is 144 Å². The normalized spacial score (nSPS) is 16.7. The maximum atomic E-state index is 12.4. The molecule has 0 aliphatic carbocycles. The molecule has 0 radical (unpaired) electrons. The van der Waals surface area contributed by atoms with Crippen LogP contribution in [-0.2, 0) is 4.79 Å². The second kappa shape index (κ2) is 5.86. The summed E-state index contributed by atoms with van der Waals surface area (Å²) in [7, 11) is 0. The molecule has 0 bridgehead atoms. The molecule has 118 valence electrons. The zero-order chi connectivity index (χ0) is 16.9. The summed E-state index contributed by atoms with van der Waals surface area (Å²) in [5, 5.41) is 17.6. The minimum absolute atomic E-state index is 0.223. The van der Waals surface area contributed by atoms with Gasteiger partial charge in [0, 0.05) is 0 Å². The Hall–Kier alpha value is -1.05. The van der Waals surface area contributed by atoms with Crippen molar-refractivity contribution in [2.75, 3.05) is 0 Å². The van der Waals surface area contributed by atoms with Gasteiger partial charge in [0.1, 0.15) is 0 Å². The number of hydrogen-bond acceptors (Lipinski definition) is 4. The van der Waals surface area contributed by atoms with E-state index in [1.54, 1.807) is 0 Å². The van der Waals surface area contributed by atoms with Crippen LogP contribution in [0, 0.1) is 0 Å². The van der Waals surface area contributed by atoms with Crippen LogP contribution < -0.4 is 0 Å². The fraction of sp³-hybridized carbons (Fsp3) is 0.250. The molecule has 6 nitrogen and oxygen atoms in total. The molecule has 1 aliphatic heterocycles. The Morgan fingerprint density at radius 2 is 1.32 bits per heavy atom. The number of carboxylic acids is 1. The monoisotopic (exact) mass is 385 g/mol. The van der Waals surface area contributed by atoms with Gasteiger partial charge in [-0.1, -0.05) is 46.4 Å². The summed E-state index contributed by atoms with van der Waals surface area (Å²) in [6.45, 7) is 1.13. The van der Waals surface area contributed by atoms with Crippen LogP contribution in [0.5, 0.6) is 0 Å². The number of carbonyl (C=O) groups excluding carboxylic acids is 2. The molecule has 1 aromatic rings. The zero-order valence-electron chi connectivity index (χ0n) is 10.7. The summed E-state index contributed by atoms with van der Waals surface area (Å²) in [4.78, 5) is 36.4. The largest absolute Gasteiger partial charge is 0.480 e. The lowest BCUT2D eigenvalue weighted by Crippen LogP contribution is -2.50. The van der Waals surface area contributed by atoms with Crippen LogP contribution >= 0.6 is 46.4 Å². The molecule has 2 unspecified atom stereocenters. The second-order valence-corrected chi connectivity index (χ2v) is 6.02. The average molecular weight is 387 g/mol. The molecule has 0 fully saturated rings. The summed E-state index contributed by atoms with van der Waals surface area (Å²) in [5.41, 5.74) is -0.670. The van der Waals surface area contributed by atoms with Gasteiger partial charge in [-0.25, -0.2) is 4.79 Å². The molecule has 10 heteroatoms. The number of benzene rings is 1. The highest BCUT2D eigenvalue weighted by molar-refractivity contribution is 6.55. The molecule has 1 aliphatic rings. The number of carbonyl (C=O) groups is 3. The van der Waals surface area contributed by atoms with Gasteiger partial charge in [0.05, 0.1) is 37.3 Å². The van der Waals surface area contributed by atoms with Crippen molar-refractivity contribution < 1.29 is 24.6 Å². The van der Waals surface area contributed by atoms with E-state index >= 15 is 0 Å². The van der Waals surface area contributed by atoms with E-state index in [9.17, 15) is 19.5 Å². The first-order valence-corrected chi connectivity index (χ1v) is 7.27. The quantitative estimate of drug-likeness (QED) is 0.473. The molecular weight excluding hydrogens is 380 g/mol. The first-order valence-electron chi connectivity index (χ1n) is 5.75. The van der Waals surface area contributed by atoms with Crippen molar-refractivity contribution in [2.24, 2.45) is 0 Å². The Kier molecular flexibility index (Phi) is 4.61. The Morgan fingerprint density at radius 1 is 0.955 bits per heavy atom. The first kappa shape index (κ1) is 17.3. The highest BCUT2D eigenvalue weighted by Crippen LogP contribution is 2.45. The number of aliphatic carboxylic acids is 1. The van der Waals surface area contributed by atoms with E-state index in [0.717, 1.165) is 6.92 Å². The van der Waals surface area contributed by atoms with Gasteiger partial charge in [0.2, 0.25) is 0 Å². The summed E-state index contributed by atoms with van der Waals surface area (Å²) >= 11 is 23.5. The van der Waals surface area contributed by atoms with Crippen molar-refractivity contribution in [3.8, 4) is 0 Å². The van der Waals surface area contributed by atoms with Crippen LogP contribution in [0.1, 0.15) is 27.6 Å². The van der Waals surface area contributed by atoms with Gasteiger partial charge < -0.3 is 10.2 Å². The van der Waals surface area contributed by atoms with E-state index in [-0.39, 0.29) is 31.2 Å². The lowest BCUT2D eigenvalue weighted by atomic mass is 10.1. The Morgan fingerprint density at radius 3 is 1.59 bits per heavy atom. The van der Waals surface area contributed by atoms with E-state index in [2.05, 4.69) is 0 Å². The zero-order valence-corrected chi connectivity index (χ0v) is 13.8. The third-order valence-corrected chi connectivity index (χ3v) is 4.92. The van der Waals surface area contributed by atoms with Gasteiger partial charge in [-0.2, -0.15) is 0 Å². The van der Waals surface area contributed by atoms with Crippen LogP contribution in [0.2, 0.25) is 20.1 Å². The highest BCUT2D eigenvalue weighted by atomic mass is 35.5. The molecular formula is C12H7Cl4NO5. The number of aliphatic hydroxyl groups excluding tert-OH is 1. The predicted molar refractivity (Wildman–Crippen MR) is 80.1 cm³/mol. The number of aliphatic hydroxyl groups is 1. The number of imide groups is 1. The minimum atomic E-state index is -1.79. The SMILES string of the molecule is CC(O)C(C(=O)O)N1C(=O)c2c(Cl)c(Cl)c(Cl)c(Cl)c2C1=O. The molecule has 2 amide bonds. The van der Waals surface area contributed by atoms with Crippen molar-refractivity contribution >= 4 is 64.2 Å². The number of hydrogen-bond donors (Lipinski definition) is 2. The van der Waals surface area contributed by atoms with Crippen molar-refractivity contribution in [3.63, 3.8) is 0 Å². The topological polar surface area (TPSA) is 94.9 Å². The standard InChI is InChI=1S/C12H7Cl4NO5/c1-2(18)9(12(21)22)17-10(19)3-4(11(17)20)6(14)8(16)7(15)5(3)13/h2,9,18H,1H3,(H,21,22). The van der Waals surface area contributed by atoms with E-state index in [1.807, 2.05) is 0 Å². The van der Waals surface area contributed by atoms with Crippen LogP contribution in [0.25, 0.3) is 0 Å². The number of carboxylic acid groups (broad SMARTS) is 1. The molecule has 2 atom stereocenters. The van der Waals surface area contributed by atoms with Gasteiger partial charge in [0.25, 0.3) is 11.8 Å². The first-order chi connectivity index (χ1) is 10.1. The number of amides is 2. The van der Waals surface area contributed by atoms with Crippen LogP contribution in [0.15, 0.2) is 0 Å². The van der Waals surface area contributed by atoms with Gasteiger partial charge in [-0.05, 0) is 6.92 Å². The number of nitrogens with zero attached hydrogens (tertiary/aromatic N) is 1. The summed E-state index contributed by atoms with van der Waals surface area (Å²) < 4.78 is 0. The van der Waals surface area contributed by atoms with Crippen molar-refractivity contribution in [2.45, 2.75) is 19.1 Å². The smallest absolute Gasteiger partial charge is 0.329 e. The molecule has 2 N–H and O–H groups in total. The van der Waals surface area contributed by atoms with Crippen LogP contribution in [0.4, 0.5) is 0 Å². The maximum absolute atomic E-state index is 12.4. The molecule has 22 heavy (non-hydrogen) atoms. The molecule has 2 rings (SSSR count). The lowest BCUT2D eigenvalue weighted by Gasteiger charge is -2.24. The predicted octanol–water partition coefficient (Wildman–Crippen LogP) is 2.73. The average Bonchev–Trinajstić information content (AvgIpc) is 2.67. The molecule has 0 saturated heterocycles. The third-order valence-electron chi connectivity index (χ3n) is 3.12. The molecule has 0 aromatic heterocycles. The van der Waals surface area contributed by atoms with E-state index < -0.39 is 29.9 Å². The van der Waals surface area contributed by atoms with Gasteiger partial charge in [0.15, 0.2) is 6.04 Å². The third kappa shape index (κ3) is 2.35. The van der Waals surface area contributed by atoms with Crippen molar-refractivity contribution in [1.29, 1.82) is 0 Å². The van der Waals surface area contributed by atoms with Gasteiger partial charge in [-0.3, -0.25) is 14.5 Å². The van der Waals surface area contributed by atoms with Crippen molar-refractivity contribution in [1.82, 2.24) is 4.90 Å². The number of halogens is 4. The minimum Gasteiger partial charge on any atom is -0.480 e. The molecule has 1 aromatic carbocycles. The van der Waals surface area contributed by atoms with Crippen LogP contribution in [-0.4, -0.2) is 45.0 Å². The highest BCUT2D eigenvalue weighted by Gasteiger charge is 2.48. The van der Waals surface area contributed by atoms with Gasteiger partial charge in [-0.15, -0.1) is 0 Å². The number of rotatable bonds is 3. The summed E-state index contributed by atoms with van der Waals surface area (Å²) in [6.07, 6.45) is -1.51. The maximum Gasteiger partial charge on any atom is 0.329 e. The van der Waals surface area contributed by atoms with Crippen LogP contribution in [0.3, 0.4) is 0 Å². The Bertz CT molecular complexity index is 671. The summed E-state index contributed by atoms with van der Waals surface area (Å²) in [5.74, 6) is -3.59. The van der Waals surface area contributed by atoms with Crippen molar-refractivity contribution in [3.05, 3.63) is 31.2 Å². The molecule has 0 saturated carbocycles.